The second-order valence-corrected chi connectivity index (χ2v) is 20.8. The first kappa shape index (κ1) is 56.2. The Bertz CT molecular complexity index is 930. The molecule has 0 unspecified atom stereocenters. The normalized spacial score (nSPS) is 11.8. The van der Waals surface area contributed by atoms with Crippen LogP contribution in [0, 0.1) is 0 Å². The molecule has 0 aliphatic heterocycles. The molecule has 0 aromatic carbocycles. The molecule has 0 aliphatic rings. The second-order valence-electron chi connectivity index (χ2n) is 18.0. The van der Waals surface area contributed by atoms with Gasteiger partial charge in [0.15, 0.2) is 0 Å². The van der Waals surface area contributed by atoms with E-state index in [0.717, 1.165) is 67.4 Å². The van der Waals surface area contributed by atoms with Gasteiger partial charge in [0.25, 0.3) is 0 Å². The van der Waals surface area contributed by atoms with E-state index in [1.54, 1.807) is 0 Å². The summed E-state index contributed by atoms with van der Waals surface area (Å²) in [6.45, 7) is 12.6. The van der Waals surface area contributed by atoms with E-state index in [9.17, 15) is 9.59 Å². The zero-order chi connectivity index (χ0) is 42.7. The van der Waals surface area contributed by atoms with Crippen molar-refractivity contribution in [3.63, 3.8) is 0 Å². The minimum atomic E-state index is 0.397. The largest absolute Gasteiger partial charge is 0.337 e. The quantitative estimate of drug-likeness (QED) is 0.0609. The molecule has 1 rings (SSSR count). The number of unbranched alkanes of at least 4 members (excludes halogenated alkanes) is 20. The number of Topliss-reactive ketones (excluding diaryl/α,β-unsaturated/α-hetero) is 2. The molecule has 5 nitrogen and oxygen atoms in total. The van der Waals surface area contributed by atoms with Crippen LogP contribution in [-0.2, 0) is 16.1 Å². The number of carbonyl (C=O) groups is 2. The zero-order valence-corrected chi connectivity index (χ0v) is 41.5. The highest BCUT2D eigenvalue weighted by atomic mass is 32.2. The molecule has 0 N–H and O–H groups in total. The van der Waals surface area contributed by atoms with Crippen LogP contribution < -0.4 is 0 Å². The van der Waals surface area contributed by atoms with Crippen molar-refractivity contribution in [2.45, 2.75) is 269 Å². The smallest absolute Gasteiger partial charge is 0.134 e. The summed E-state index contributed by atoms with van der Waals surface area (Å²) in [4.78, 5) is 32.9. The first-order valence-corrected chi connectivity index (χ1v) is 28.1. The van der Waals surface area contributed by atoms with Crippen LogP contribution >= 0.6 is 23.5 Å². The van der Waals surface area contributed by atoms with Crippen molar-refractivity contribution in [2.75, 3.05) is 31.1 Å². The van der Waals surface area contributed by atoms with E-state index in [2.05, 4.69) is 65.7 Å². The van der Waals surface area contributed by atoms with Crippen molar-refractivity contribution in [3.05, 3.63) is 18.7 Å². The van der Waals surface area contributed by atoms with Crippen molar-refractivity contribution in [1.82, 2.24) is 14.5 Å². The Morgan fingerprint density at radius 3 is 1.20 bits per heavy atom. The minimum Gasteiger partial charge on any atom is -0.337 e. The molecule has 0 aliphatic carbocycles. The average molecular weight is 863 g/mol. The van der Waals surface area contributed by atoms with Gasteiger partial charge in [-0.25, -0.2) is 4.98 Å². The molecule has 0 atom stereocenters. The van der Waals surface area contributed by atoms with E-state index in [-0.39, 0.29) is 0 Å². The van der Waals surface area contributed by atoms with Gasteiger partial charge in [-0.05, 0) is 63.0 Å². The molecule has 1 heterocycles. The SMILES string of the molecule is CCCCCCCCC(CCCCCCCC)SCCCC(=O)CCN(CCCn1ccnc1)CCC(=O)CCCSC(CCCCCCCC)CCCCCCCC. The van der Waals surface area contributed by atoms with E-state index in [4.69, 9.17) is 0 Å². The van der Waals surface area contributed by atoms with E-state index in [0.29, 0.717) is 37.2 Å². The third kappa shape index (κ3) is 37.5. The number of aromatic nitrogens is 2. The minimum absolute atomic E-state index is 0.397. The third-order valence-corrected chi connectivity index (χ3v) is 15.2. The summed E-state index contributed by atoms with van der Waals surface area (Å²) in [5, 5.41) is 1.53. The summed E-state index contributed by atoms with van der Waals surface area (Å²) < 4.78 is 2.13. The highest BCUT2D eigenvalue weighted by Crippen LogP contribution is 2.27. The molecule has 0 bridgehead atoms. The molecule has 1 aromatic rings. The molecule has 1 aromatic heterocycles. The van der Waals surface area contributed by atoms with Crippen LogP contribution in [0.2, 0.25) is 0 Å². The molecule has 0 spiro atoms. The number of carbonyl (C=O) groups excluding carboxylic acids is 2. The monoisotopic (exact) mass is 862 g/mol. The number of thioether (sulfide) groups is 2. The van der Waals surface area contributed by atoms with E-state index in [1.165, 1.54) is 180 Å². The summed E-state index contributed by atoms with van der Waals surface area (Å²) >= 11 is 4.32. The standard InChI is InChI=1S/C52H99N3O2S2/c1-5-9-13-17-21-25-34-51(35-26-22-18-14-10-6-2)58-46-29-32-49(56)38-43-54(41-31-42-55-45-40-53-48-55)44-39-50(57)33-30-47-59-52(36-27-23-19-15-11-7-3)37-28-24-20-16-12-8-4/h40,45,48,51-52H,5-39,41-44,46-47H2,1-4H3. The molecule has 0 saturated carbocycles. The lowest BCUT2D eigenvalue weighted by Gasteiger charge is -2.22. The average Bonchev–Trinajstić information content (AvgIpc) is 3.77. The van der Waals surface area contributed by atoms with Gasteiger partial charge in [0.2, 0.25) is 0 Å². The number of imidazole rings is 1. The Morgan fingerprint density at radius 2 is 0.847 bits per heavy atom. The fourth-order valence-corrected chi connectivity index (χ4v) is 10.9. The summed E-state index contributed by atoms with van der Waals surface area (Å²) in [6.07, 6.45) is 49.7. The molecule has 7 heteroatoms. The maximum absolute atomic E-state index is 13.1. The van der Waals surface area contributed by atoms with Crippen molar-refractivity contribution < 1.29 is 9.59 Å². The first-order valence-electron chi connectivity index (χ1n) is 26.0. The summed E-state index contributed by atoms with van der Waals surface area (Å²) in [7, 11) is 0. The van der Waals surface area contributed by atoms with Crippen LogP contribution in [0.5, 0.6) is 0 Å². The van der Waals surface area contributed by atoms with Crippen molar-refractivity contribution in [1.29, 1.82) is 0 Å². The molecule has 346 valence electrons. The molecule has 0 saturated heterocycles. The van der Waals surface area contributed by atoms with Gasteiger partial charge in [-0.15, -0.1) is 0 Å². The maximum Gasteiger partial charge on any atom is 0.134 e. The van der Waals surface area contributed by atoms with Gasteiger partial charge in [-0.3, -0.25) is 9.59 Å². The highest BCUT2D eigenvalue weighted by Gasteiger charge is 2.14. The number of ketones is 2. The Labute approximate surface area is 376 Å². The summed E-state index contributed by atoms with van der Waals surface area (Å²) in [5.74, 6) is 3.02. The van der Waals surface area contributed by atoms with Gasteiger partial charge >= 0.3 is 0 Å². The summed E-state index contributed by atoms with van der Waals surface area (Å²) in [6, 6.07) is 0. The van der Waals surface area contributed by atoms with Gasteiger partial charge in [-0.1, -0.05) is 182 Å². The Balaban J connectivity index is 2.49. The topological polar surface area (TPSA) is 55.2 Å². The van der Waals surface area contributed by atoms with Gasteiger partial charge in [0, 0.05) is 68.2 Å². The Hall–Kier alpha value is -0.790. The van der Waals surface area contributed by atoms with Crippen LogP contribution in [0.25, 0.3) is 0 Å². The Kier molecular flexibility index (Phi) is 41.8. The van der Waals surface area contributed by atoms with Crippen molar-refractivity contribution in [2.24, 2.45) is 0 Å². The van der Waals surface area contributed by atoms with Gasteiger partial charge in [-0.2, -0.15) is 23.5 Å². The van der Waals surface area contributed by atoms with Crippen molar-refractivity contribution >= 4 is 35.1 Å². The highest BCUT2D eigenvalue weighted by molar-refractivity contribution is 8.00. The lowest BCUT2D eigenvalue weighted by atomic mass is 10.0. The van der Waals surface area contributed by atoms with E-state index < -0.39 is 0 Å². The van der Waals surface area contributed by atoms with Gasteiger partial charge in [0.05, 0.1) is 6.33 Å². The molecule has 0 amide bonds. The van der Waals surface area contributed by atoms with E-state index >= 15 is 0 Å². The third-order valence-electron chi connectivity index (χ3n) is 12.3. The van der Waals surface area contributed by atoms with Gasteiger partial charge in [0.1, 0.15) is 11.6 Å². The molecule has 0 radical (unpaired) electrons. The summed E-state index contributed by atoms with van der Waals surface area (Å²) in [5.41, 5.74) is 0. The van der Waals surface area contributed by atoms with Crippen LogP contribution in [0.1, 0.15) is 252 Å². The van der Waals surface area contributed by atoms with Crippen LogP contribution in [0.4, 0.5) is 0 Å². The molecule has 59 heavy (non-hydrogen) atoms. The lowest BCUT2D eigenvalue weighted by molar-refractivity contribution is -0.119. The first-order chi connectivity index (χ1) is 29.0. The molecular formula is C52H99N3O2S2. The number of hydrogen-bond acceptors (Lipinski definition) is 6. The number of nitrogens with zero attached hydrogens (tertiary/aromatic N) is 3. The zero-order valence-electron chi connectivity index (χ0n) is 39.9. The molecular weight excluding hydrogens is 763 g/mol. The van der Waals surface area contributed by atoms with Gasteiger partial charge < -0.3 is 9.47 Å². The van der Waals surface area contributed by atoms with E-state index in [1.807, 2.05) is 18.7 Å². The predicted molar refractivity (Wildman–Crippen MR) is 265 cm³/mol. The fraction of sp³-hybridized carbons (Fsp3) is 0.904. The number of aryl methyl sites for hydroxylation is 1. The van der Waals surface area contributed by atoms with Crippen LogP contribution in [0.15, 0.2) is 18.7 Å². The maximum atomic E-state index is 13.1. The molecule has 0 fully saturated rings. The second kappa shape index (κ2) is 43.8. The fourth-order valence-electron chi connectivity index (χ4n) is 8.32. The Morgan fingerprint density at radius 1 is 0.475 bits per heavy atom. The number of hydrogen-bond donors (Lipinski definition) is 0. The number of rotatable bonds is 48. The lowest BCUT2D eigenvalue weighted by Crippen LogP contribution is -2.30. The van der Waals surface area contributed by atoms with Crippen LogP contribution in [-0.4, -0.2) is 67.7 Å². The van der Waals surface area contributed by atoms with Crippen LogP contribution in [0.3, 0.4) is 0 Å². The van der Waals surface area contributed by atoms with Crippen molar-refractivity contribution in [3.8, 4) is 0 Å². The predicted octanol–water partition coefficient (Wildman–Crippen LogP) is 16.3.